The van der Waals surface area contributed by atoms with E-state index in [1.807, 2.05) is 0 Å². The third-order valence-corrected chi connectivity index (χ3v) is 4.20. The highest BCUT2D eigenvalue weighted by Crippen LogP contribution is 2.47. The monoisotopic (exact) mass is 246 g/mol. The Balaban J connectivity index is 2.39. The molecule has 1 aliphatic rings. The highest BCUT2D eigenvalue weighted by atomic mass is 79.9. The topological polar surface area (TPSA) is 37.3 Å². The molecular weight excluding hydrogens is 240 g/mol. The highest BCUT2D eigenvalue weighted by Gasteiger charge is 2.29. The van der Waals surface area contributed by atoms with Crippen molar-refractivity contribution in [3.63, 3.8) is 0 Å². The van der Waals surface area contributed by atoms with Gasteiger partial charge in [-0.3, -0.25) is 0 Å². The number of hydrogen-bond donors (Lipinski definition) is 1. The van der Waals surface area contributed by atoms with Crippen LogP contribution in [0.5, 0.6) is 0 Å². The summed E-state index contributed by atoms with van der Waals surface area (Å²) in [6, 6.07) is 0. The average Bonchev–Trinajstić information content (AvgIpc) is 2.75. The minimum absolute atomic E-state index is 0.405. The second-order valence-electron chi connectivity index (χ2n) is 2.91. The standard InChI is InChI=1S/C8H7BrO2S/c9-6-5(8(10)11)3-12-7(6)4-1-2-4/h3-4H,1-2H2,(H,10,11). The average molecular weight is 247 g/mol. The maximum absolute atomic E-state index is 10.7. The lowest BCUT2D eigenvalue weighted by Crippen LogP contribution is -1.94. The number of aromatic carboxylic acids is 1. The van der Waals surface area contributed by atoms with Crippen LogP contribution < -0.4 is 0 Å². The molecule has 12 heavy (non-hydrogen) atoms. The van der Waals surface area contributed by atoms with E-state index in [9.17, 15) is 4.79 Å². The Labute approximate surface area is 82.3 Å². The SMILES string of the molecule is O=C(O)c1csc(C2CC2)c1Br. The summed E-state index contributed by atoms with van der Waals surface area (Å²) in [5.74, 6) is -0.220. The second-order valence-corrected chi connectivity index (χ2v) is 4.61. The summed E-state index contributed by atoms with van der Waals surface area (Å²) in [6.07, 6.45) is 2.41. The predicted octanol–water partition coefficient (Wildman–Crippen LogP) is 3.09. The van der Waals surface area contributed by atoms with Gasteiger partial charge in [-0.2, -0.15) is 0 Å². The van der Waals surface area contributed by atoms with E-state index in [0.717, 1.165) is 4.47 Å². The molecule has 2 rings (SSSR count). The Hall–Kier alpha value is -0.350. The lowest BCUT2D eigenvalue weighted by molar-refractivity contribution is 0.0696. The van der Waals surface area contributed by atoms with Crippen LogP contribution in [0.15, 0.2) is 9.85 Å². The summed E-state index contributed by atoms with van der Waals surface area (Å²) in [5.41, 5.74) is 0.405. The van der Waals surface area contributed by atoms with Crippen molar-refractivity contribution < 1.29 is 9.90 Å². The first-order valence-corrected chi connectivity index (χ1v) is 5.37. The third-order valence-electron chi connectivity index (χ3n) is 1.94. The van der Waals surface area contributed by atoms with Gasteiger partial charge >= 0.3 is 5.97 Å². The molecule has 1 aromatic heterocycles. The van der Waals surface area contributed by atoms with E-state index in [2.05, 4.69) is 15.9 Å². The molecule has 0 amide bonds. The van der Waals surface area contributed by atoms with E-state index in [-0.39, 0.29) is 0 Å². The number of hydrogen-bond acceptors (Lipinski definition) is 2. The molecule has 1 heterocycles. The molecule has 1 saturated carbocycles. The molecule has 0 atom stereocenters. The lowest BCUT2D eigenvalue weighted by Gasteiger charge is -1.93. The normalized spacial score (nSPS) is 16.4. The highest BCUT2D eigenvalue weighted by molar-refractivity contribution is 9.10. The number of rotatable bonds is 2. The van der Waals surface area contributed by atoms with Crippen LogP contribution in [0.3, 0.4) is 0 Å². The smallest absolute Gasteiger partial charge is 0.337 e. The van der Waals surface area contributed by atoms with Crippen LogP contribution in [0.1, 0.15) is 34.0 Å². The van der Waals surface area contributed by atoms with Crippen molar-refractivity contribution >= 4 is 33.2 Å². The summed E-state index contributed by atoms with van der Waals surface area (Å²) in [5, 5.41) is 10.5. The first-order valence-electron chi connectivity index (χ1n) is 3.70. The van der Waals surface area contributed by atoms with Crippen molar-refractivity contribution in [3.8, 4) is 0 Å². The van der Waals surface area contributed by atoms with Crippen LogP contribution in [0.2, 0.25) is 0 Å². The van der Waals surface area contributed by atoms with Gasteiger partial charge in [0.25, 0.3) is 0 Å². The van der Waals surface area contributed by atoms with Gasteiger partial charge in [-0.15, -0.1) is 11.3 Å². The van der Waals surface area contributed by atoms with Crippen LogP contribution in [0, 0.1) is 0 Å². The molecule has 1 fully saturated rings. The van der Waals surface area contributed by atoms with Crippen LogP contribution in [-0.4, -0.2) is 11.1 Å². The Kier molecular flexibility index (Phi) is 1.96. The van der Waals surface area contributed by atoms with E-state index >= 15 is 0 Å². The fraction of sp³-hybridized carbons (Fsp3) is 0.375. The second kappa shape index (κ2) is 2.85. The van der Waals surface area contributed by atoms with Crippen LogP contribution in [0.4, 0.5) is 0 Å². The largest absolute Gasteiger partial charge is 0.478 e. The first kappa shape index (κ1) is 8.26. The Bertz CT molecular complexity index is 328. The van der Waals surface area contributed by atoms with Gasteiger partial charge in [-0.25, -0.2) is 4.79 Å². The van der Waals surface area contributed by atoms with Crippen molar-refractivity contribution in [2.24, 2.45) is 0 Å². The molecule has 0 bridgehead atoms. The van der Waals surface area contributed by atoms with Crippen molar-refractivity contribution in [1.82, 2.24) is 0 Å². The van der Waals surface area contributed by atoms with Gasteiger partial charge in [-0.1, -0.05) is 0 Å². The molecule has 0 unspecified atom stereocenters. The molecule has 1 aromatic rings. The number of thiophene rings is 1. The summed E-state index contributed by atoms with van der Waals surface area (Å²) in [4.78, 5) is 11.9. The van der Waals surface area contributed by atoms with E-state index < -0.39 is 5.97 Å². The quantitative estimate of drug-likeness (QED) is 0.871. The fourth-order valence-electron chi connectivity index (χ4n) is 1.12. The van der Waals surface area contributed by atoms with Gasteiger partial charge in [0, 0.05) is 14.7 Å². The van der Waals surface area contributed by atoms with Gasteiger partial charge in [0.1, 0.15) is 0 Å². The molecule has 1 aliphatic carbocycles. The molecule has 0 radical (unpaired) electrons. The molecule has 0 aromatic carbocycles. The summed E-state index contributed by atoms with van der Waals surface area (Å²) < 4.78 is 0.794. The number of carbonyl (C=O) groups is 1. The Morgan fingerprint density at radius 2 is 2.33 bits per heavy atom. The van der Waals surface area contributed by atoms with Crippen LogP contribution in [-0.2, 0) is 0 Å². The lowest BCUT2D eigenvalue weighted by atomic mass is 10.2. The van der Waals surface area contributed by atoms with Gasteiger partial charge in [0.15, 0.2) is 0 Å². The minimum atomic E-state index is -0.843. The van der Waals surface area contributed by atoms with E-state index in [1.165, 1.54) is 17.7 Å². The Morgan fingerprint density at radius 3 is 2.75 bits per heavy atom. The zero-order valence-corrected chi connectivity index (χ0v) is 8.61. The van der Waals surface area contributed by atoms with Crippen molar-refractivity contribution in [3.05, 3.63) is 20.3 Å². The number of carboxylic acids is 1. The van der Waals surface area contributed by atoms with Gasteiger partial charge in [-0.05, 0) is 34.7 Å². The summed E-state index contributed by atoms with van der Waals surface area (Å²) in [7, 11) is 0. The van der Waals surface area contributed by atoms with E-state index in [1.54, 1.807) is 16.7 Å². The van der Waals surface area contributed by atoms with Gasteiger partial charge in [0.05, 0.1) is 5.56 Å². The molecule has 4 heteroatoms. The minimum Gasteiger partial charge on any atom is -0.478 e. The van der Waals surface area contributed by atoms with Crippen LogP contribution in [0.25, 0.3) is 0 Å². The van der Waals surface area contributed by atoms with E-state index in [0.29, 0.717) is 11.5 Å². The van der Waals surface area contributed by atoms with Crippen molar-refractivity contribution in [2.75, 3.05) is 0 Å². The molecule has 2 nitrogen and oxygen atoms in total. The van der Waals surface area contributed by atoms with Crippen molar-refractivity contribution in [2.45, 2.75) is 18.8 Å². The fourth-order valence-corrected chi connectivity index (χ4v) is 3.27. The number of carboxylic acid groups (broad SMARTS) is 1. The van der Waals surface area contributed by atoms with E-state index in [4.69, 9.17) is 5.11 Å². The molecule has 64 valence electrons. The zero-order valence-electron chi connectivity index (χ0n) is 6.21. The van der Waals surface area contributed by atoms with Crippen LogP contribution >= 0.6 is 27.3 Å². The maximum atomic E-state index is 10.7. The molecule has 1 N–H and O–H groups in total. The van der Waals surface area contributed by atoms with Gasteiger partial charge in [0.2, 0.25) is 0 Å². The molecule has 0 aliphatic heterocycles. The van der Waals surface area contributed by atoms with Gasteiger partial charge < -0.3 is 5.11 Å². The summed E-state index contributed by atoms with van der Waals surface area (Å²) >= 11 is 4.87. The molecular formula is C8H7BrO2S. The zero-order chi connectivity index (χ0) is 8.72. The molecule has 0 saturated heterocycles. The molecule has 0 spiro atoms. The number of halogens is 1. The first-order chi connectivity index (χ1) is 5.70. The Morgan fingerprint density at radius 1 is 1.67 bits per heavy atom. The predicted molar refractivity (Wildman–Crippen MR) is 51.0 cm³/mol. The van der Waals surface area contributed by atoms with Crippen molar-refractivity contribution in [1.29, 1.82) is 0 Å². The summed E-state index contributed by atoms with van der Waals surface area (Å²) in [6.45, 7) is 0. The third kappa shape index (κ3) is 1.29. The maximum Gasteiger partial charge on any atom is 0.337 e.